The van der Waals surface area contributed by atoms with Crippen LogP contribution in [0.5, 0.6) is 0 Å². The summed E-state index contributed by atoms with van der Waals surface area (Å²) in [4.78, 5) is 25.9. The molecule has 0 amide bonds. The maximum absolute atomic E-state index is 11.2. The van der Waals surface area contributed by atoms with E-state index < -0.39 is 11.9 Å². The number of nitrogens with zero attached hydrogens (tertiary/aromatic N) is 2. The lowest BCUT2D eigenvalue weighted by Crippen LogP contribution is -2.41. The molecule has 146 valence electrons. The van der Waals surface area contributed by atoms with Crippen LogP contribution >= 0.6 is 0 Å². The first-order valence-electron chi connectivity index (χ1n) is 9.24. The molecule has 1 unspecified atom stereocenters. The number of carboxylic acid groups (broad SMARTS) is 2. The summed E-state index contributed by atoms with van der Waals surface area (Å²) >= 11 is 0. The Kier molecular flexibility index (Phi) is 9.91. The van der Waals surface area contributed by atoms with Gasteiger partial charge in [0.15, 0.2) is 0 Å². The summed E-state index contributed by atoms with van der Waals surface area (Å²) in [5.41, 5.74) is 2.47. The van der Waals surface area contributed by atoms with Gasteiger partial charge in [-0.3, -0.25) is 19.4 Å². The van der Waals surface area contributed by atoms with E-state index >= 15 is 0 Å². The number of carboxylic acids is 2. The molecule has 0 aliphatic carbocycles. The molecule has 2 N–H and O–H groups in total. The quantitative estimate of drug-likeness (QED) is 0.559. The predicted molar refractivity (Wildman–Crippen MR) is 102 cm³/mol. The monoisotopic (exact) mass is 364 g/mol. The van der Waals surface area contributed by atoms with Gasteiger partial charge < -0.3 is 10.2 Å². The summed E-state index contributed by atoms with van der Waals surface area (Å²) in [6.45, 7) is 8.64. The highest BCUT2D eigenvalue weighted by molar-refractivity contribution is 5.69. The third kappa shape index (κ3) is 9.53. The van der Waals surface area contributed by atoms with Crippen molar-refractivity contribution in [1.29, 1.82) is 0 Å². The summed E-state index contributed by atoms with van der Waals surface area (Å²) in [5, 5.41) is 18.2. The van der Waals surface area contributed by atoms with Crippen molar-refractivity contribution >= 4 is 11.9 Å². The third-order valence-electron chi connectivity index (χ3n) is 4.26. The van der Waals surface area contributed by atoms with Gasteiger partial charge in [-0.2, -0.15) is 0 Å². The smallest absolute Gasteiger partial charge is 0.317 e. The molecule has 6 heteroatoms. The maximum Gasteiger partial charge on any atom is 0.317 e. The molecule has 0 aliphatic rings. The van der Waals surface area contributed by atoms with Gasteiger partial charge in [-0.1, -0.05) is 43.7 Å². The van der Waals surface area contributed by atoms with Crippen molar-refractivity contribution in [2.24, 2.45) is 5.92 Å². The van der Waals surface area contributed by atoms with E-state index in [0.717, 1.165) is 12.8 Å². The molecular formula is C20H32N2O4. The maximum atomic E-state index is 11.2. The van der Waals surface area contributed by atoms with Gasteiger partial charge in [0, 0.05) is 19.6 Å². The first kappa shape index (κ1) is 22.1. The Morgan fingerprint density at radius 2 is 1.50 bits per heavy atom. The van der Waals surface area contributed by atoms with Crippen molar-refractivity contribution in [2.45, 2.75) is 33.6 Å². The molecule has 0 saturated carbocycles. The first-order chi connectivity index (χ1) is 12.3. The molecule has 1 atom stereocenters. The molecule has 0 spiro atoms. The normalized spacial score (nSPS) is 12.5. The van der Waals surface area contributed by atoms with E-state index in [1.165, 1.54) is 11.1 Å². The lowest BCUT2D eigenvalue weighted by molar-refractivity contribution is -0.140. The number of benzene rings is 1. The second kappa shape index (κ2) is 11.6. The second-order valence-electron chi connectivity index (χ2n) is 7.09. The first-order valence-corrected chi connectivity index (χ1v) is 9.24. The highest BCUT2D eigenvalue weighted by atomic mass is 16.4. The molecular weight excluding hydrogens is 332 g/mol. The SMILES string of the molecule is CCCN(CCN(CC(=O)O)CC(C)Cc1ccc(C)cc1)CC(=O)O. The van der Waals surface area contributed by atoms with Crippen LogP contribution in [-0.2, 0) is 16.0 Å². The fourth-order valence-electron chi connectivity index (χ4n) is 3.12. The van der Waals surface area contributed by atoms with Crippen LogP contribution in [0, 0.1) is 12.8 Å². The topological polar surface area (TPSA) is 81.1 Å². The number of carbonyl (C=O) groups is 2. The Balaban J connectivity index is 2.59. The van der Waals surface area contributed by atoms with Crippen molar-refractivity contribution in [3.63, 3.8) is 0 Å². The van der Waals surface area contributed by atoms with Gasteiger partial charge in [-0.15, -0.1) is 0 Å². The van der Waals surface area contributed by atoms with Gasteiger partial charge in [0.1, 0.15) is 0 Å². The number of rotatable bonds is 13. The summed E-state index contributed by atoms with van der Waals surface area (Å²) in [6, 6.07) is 8.41. The number of hydrogen-bond acceptors (Lipinski definition) is 4. The summed E-state index contributed by atoms with van der Waals surface area (Å²) < 4.78 is 0. The van der Waals surface area contributed by atoms with E-state index in [9.17, 15) is 14.7 Å². The van der Waals surface area contributed by atoms with Gasteiger partial charge in [-0.05, 0) is 37.8 Å². The zero-order valence-electron chi connectivity index (χ0n) is 16.1. The average molecular weight is 364 g/mol. The van der Waals surface area contributed by atoms with Gasteiger partial charge in [0.25, 0.3) is 0 Å². The van der Waals surface area contributed by atoms with Crippen molar-refractivity contribution < 1.29 is 19.8 Å². The van der Waals surface area contributed by atoms with Crippen LogP contribution in [0.4, 0.5) is 0 Å². The van der Waals surface area contributed by atoms with Crippen LogP contribution in [0.2, 0.25) is 0 Å². The van der Waals surface area contributed by atoms with Crippen LogP contribution in [-0.4, -0.2) is 71.2 Å². The van der Waals surface area contributed by atoms with E-state index in [4.69, 9.17) is 5.11 Å². The minimum Gasteiger partial charge on any atom is -0.480 e. The molecule has 0 bridgehead atoms. The number of aliphatic carboxylic acids is 2. The molecule has 0 aliphatic heterocycles. The van der Waals surface area contributed by atoms with Gasteiger partial charge in [-0.25, -0.2) is 0 Å². The molecule has 26 heavy (non-hydrogen) atoms. The zero-order valence-corrected chi connectivity index (χ0v) is 16.1. The molecule has 0 radical (unpaired) electrons. The largest absolute Gasteiger partial charge is 0.480 e. The average Bonchev–Trinajstić information content (AvgIpc) is 2.53. The van der Waals surface area contributed by atoms with Crippen molar-refractivity contribution in [3.8, 4) is 0 Å². The fraction of sp³-hybridized carbons (Fsp3) is 0.600. The van der Waals surface area contributed by atoms with Crippen molar-refractivity contribution in [1.82, 2.24) is 9.80 Å². The second-order valence-corrected chi connectivity index (χ2v) is 7.09. The Hall–Kier alpha value is -1.92. The van der Waals surface area contributed by atoms with Crippen LogP contribution in [0.3, 0.4) is 0 Å². The van der Waals surface area contributed by atoms with Gasteiger partial charge in [0.05, 0.1) is 13.1 Å². The van der Waals surface area contributed by atoms with E-state index in [1.807, 2.05) is 16.7 Å². The Labute approximate surface area is 156 Å². The standard InChI is InChI=1S/C20H32N2O4/c1-4-9-21(14-19(23)24)10-11-22(15-20(25)26)13-17(3)12-18-7-5-16(2)6-8-18/h5-8,17H,4,9-15H2,1-3H3,(H,23,24)(H,25,26). The highest BCUT2D eigenvalue weighted by Crippen LogP contribution is 2.11. The lowest BCUT2D eigenvalue weighted by atomic mass is 9.99. The fourth-order valence-corrected chi connectivity index (χ4v) is 3.12. The molecule has 0 fully saturated rings. The molecule has 1 rings (SSSR count). The highest BCUT2D eigenvalue weighted by Gasteiger charge is 2.16. The van der Waals surface area contributed by atoms with E-state index in [2.05, 4.69) is 38.1 Å². The summed E-state index contributed by atoms with van der Waals surface area (Å²) in [5.74, 6) is -1.39. The van der Waals surface area contributed by atoms with Crippen LogP contribution < -0.4 is 0 Å². The van der Waals surface area contributed by atoms with Gasteiger partial charge >= 0.3 is 11.9 Å². The van der Waals surface area contributed by atoms with Crippen molar-refractivity contribution in [3.05, 3.63) is 35.4 Å². The summed E-state index contributed by atoms with van der Waals surface area (Å²) in [6.07, 6.45) is 1.76. The predicted octanol–water partition coefficient (Wildman–Crippen LogP) is 2.36. The van der Waals surface area contributed by atoms with E-state index in [-0.39, 0.29) is 13.1 Å². The Morgan fingerprint density at radius 1 is 0.962 bits per heavy atom. The van der Waals surface area contributed by atoms with E-state index in [0.29, 0.717) is 32.1 Å². The minimum absolute atomic E-state index is 0.00628. The molecule has 1 aromatic rings. The molecule has 0 aromatic heterocycles. The zero-order chi connectivity index (χ0) is 19.5. The Morgan fingerprint density at radius 3 is 2.04 bits per heavy atom. The number of hydrogen-bond donors (Lipinski definition) is 2. The van der Waals surface area contributed by atoms with Crippen LogP contribution in [0.15, 0.2) is 24.3 Å². The van der Waals surface area contributed by atoms with E-state index in [1.54, 1.807) is 0 Å². The minimum atomic E-state index is -0.854. The molecule has 1 aromatic carbocycles. The summed E-state index contributed by atoms with van der Waals surface area (Å²) in [7, 11) is 0. The van der Waals surface area contributed by atoms with Crippen molar-refractivity contribution in [2.75, 3.05) is 39.3 Å². The molecule has 0 heterocycles. The Bertz CT molecular complexity index is 559. The van der Waals surface area contributed by atoms with Gasteiger partial charge in [0.2, 0.25) is 0 Å². The molecule has 6 nitrogen and oxygen atoms in total. The third-order valence-corrected chi connectivity index (χ3v) is 4.26. The molecule has 0 saturated heterocycles. The lowest BCUT2D eigenvalue weighted by Gasteiger charge is -2.27. The van der Waals surface area contributed by atoms with Crippen LogP contribution in [0.1, 0.15) is 31.4 Å². The van der Waals surface area contributed by atoms with Crippen LogP contribution in [0.25, 0.3) is 0 Å². The number of aryl methyl sites for hydroxylation is 1.